The van der Waals surface area contributed by atoms with Gasteiger partial charge in [0.15, 0.2) is 0 Å². The summed E-state index contributed by atoms with van der Waals surface area (Å²) in [5.74, 6) is -0.787. The monoisotopic (exact) mass is 464 g/mol. The third-order valence-electron chi connectivity index (χ3n) is 3.44. The van der Waals surface area contributed by atoms with E-state index in [1.807, 2.05) is 0 Å². The number of nitro groups is 1. The molecule has 0 spiro atoms. The average molecular weight is 465 g/mol. The van der Waals surface area contributed by atoms with Gasteiger partial charge in [0.25, 0.3) is 5.69 Å². The SMILES string of the molecule is COC(=O)[C@H](C)NS(=O)(=O)c1ccc(Sc2ccc(Cl)c(Cl)c2)c([N+](=O)[O-])c1. The second-order valence-corrected chi connectivity index (χ2v) is 9.07. The Balaban J connectivity index is 2.38. The number of nitrogens with one attached hydrogen (secondary N) is 1. The topological polar surface area (TPSA) is 116 Å². The molecular formula is C16H14Cl2N2O6S2. The van der Waals surface area contributed by atoms with Crippen molar-refractivity contribution in [2.75, 3.05) is 7.11 Å². The summed E-state index contributed by atoms with van der Waals surface area (Å²) in [5.41, 5.74) is -0.412. The summed E-state index contributed by atoms with van der Waals surface area (Å²) < 4.78 is 31.4. The Morgan fingerprint density at radius 3 is 2.46 bits per heavy atom. The van der Waals surface area contributed by atoms with E-state index in [1.54, 1.807) is 18.2 Å². The van der Waals surface area contributed by atoms with Gasteiger partial charge in [-0.25, -0.2) is 8.42 Å². The van der Waals surface area contributed by atoms with Crippen LogP contribution in [-0.2, 0) is 19.6 Å². The molecule has 12 heteroatoms. The Kier molecular flexibility index (Phi) is 7.29. The van der Waals surface area contributed by atoms with Gasteiger partial charge in [-0.15, -0.1) is 0 Å². The van der Waals surface area contributed by atoms with Gasteiger partial charge in [0, 0.05) is 11.0 Å². The van der Waals surface area contributed by atoms with Gasteiger partial charge in [0.05, 0.1) is 31.9 Å². The number of nitrogens with zero attached hydrogens (tertiary/aromatic N) is 1. The second kappa shape index (κ2) is 9.10. The number of esters is 1. The van der Waals surface area contributed by atoms with E-state index < -0.39 is 32.6 Å². The van der Waals surface area contributed by atoms with E-state index in [2.05, 4.69) is 9.46 Å². The molecule has 0 radical (unpaired) electrons. The number of rotatable bonds is 7. The maximum Gasteiger partial charge on any atom is 0.323 e. The van der Waals surface area contributed by atoms with Gasteiger partial charge >= 0.3 is 5.97 Å². The van der Waals surface area contributed by atoms with E-state index in [1.165, 1.54) is 19.1 Å². The number of benzene rings is 2. The first-order chi connectivity index (χ1) is 13.0. The normalized spacial score (nSPS) is 12.4. The molecule has 0 saturated heterocycles. The van der Waals surface area contributed by atoms with Crippen molar-refractivity contribution in [2.24, 2.45) is 0 Å². The molecule has 2 rings (SSSR count). The number of ether oxygens (including phenoxy) is 1. The van der Waals surface area contributed by atoms with Crippen LogP contribution in [0, 0.1) is 10.1 Å². The van der Waals surface area contributed by atoms with Crippen molar-refractivity contribution in [2.45, 2.75) is 27.7 Å². The van der Waals surface area contributed by atoms with E-state index in [4.69, 9.17) is 23.2 Å². The molecule has 1 atom stereocenters. The summed E-state index contributed by atoms with van der Waals surface area (Å²) in [5, 5.41) is 12.1. The van der Waals surface area contributed by atoms with Gasteiger partial charge in [-0.1, -0.05) is 35.0 Å². The summed E-state index contributed by atoms with van der Waals surface area (Å²) in [7, 11) is -3.06. The number of methoxy groups -OCH3 is 1. The van der Waals surface area contributed by atoms with Gasteiger partial charge in [-0.3, -0.25) is 14.9 Å². The largest absolute Gasteiger partial charge is 0.468 e. The molecule has 0 unspecified atom stereocenters. The van der Waals surface area contributed by atoms with Crippen LogP contribution in [0.3, 0.4) is 0 Å². The molecule has 0 heterocycles. The highest BCUT2D eigenvalue weighted by Crippen LogP contribution is 2.38. The molecule has 0 fully saturated rings. The van der Waals surface area contributed by atoms with E-state index in [0.717, 1.165) is 24.9 Å². The predicted octanol–water partition coefficient (Wildman–Crippen LogP) is 3.89. The van der Waals surface area contributed by atoms with Gasteiger partial charge in [-0.2, -0.15) is 4.72 Å². The molecule has 0 bridgehead atoms. The Bertz CT molecular complexity index is 1030. The lowest BCUT2D eigenvalue weighted by atomic mass is 10.3. The lowest BCUT2D eigenvalue weighted by Gasteiger charge is -2.12. The van der Waals surface area contributed by atoms with Crippen LogP contribution in [0.2, 0.25) is 10.0 Å². The fraction of sp³-hybridized carbons (Fsp3) is 0.188. The van der Waals surface area contributed by atoms with Crippen molar-refractivity contribution in [3.63, 3.8) is 0 Å². The second-order valence-electron chi connectivity index (χ2n) is 5.43. The minimum atomic E-state index is -4.18. The molecule has 8 nitrogen and oxygen atoms in total. The minimum Gasteiger partial charge on any atom is -0.468 e. The lowest BCUT2D eigenvalue weighted by Crippen LogP contribution is -2.39. The van der Waals surface area contributed by atoms with Crippen LogP contribution in [0.15, 0.2) is 51.1 Å². The molecule has 1 N–H and O–H groups in total. The number of sulfonamides is 1. The van der Waals surface area contributed by atoms with Crippen molar-refractivity contribution in [1.82, 2.24) is 4.72 Å². The fourth-order valence-electron chi connectivity index (χ4n) is 2.09. The van der Waals surface area contributed by atoms with E-state index in [9.17, 15) is 23.3 Å². The molecular weight excluding hydrogens is 451 g/mol. The van der Waals surface area contributed by atoms with Crippen molar-refractivity contribution >= 4 is 56.6 Å². The van der Waals surface area contributed by atoms with Crippen molar-refractivity contribution in [3.05, 3.63) is 56.6 Å². The van der Waals surface area contributed by atoms with Crippen LogP contribution >= 0.6 is 35.0 Å². The molecule has 28 heavy (non-hydrogen) atoms. The Morgan fingerprint density at radius 2 is 1.89 bits per heavy atom. The quantitative estimate of drug-likeness (QED) is 0.375. The smallest absolute Gasteiger partial charge is 0.323 e. The molecule has 2 aromatic rings. The average Bonchev–Trinajstić information content (AvgIpc) is 2.63. The van der Waals surface area contributed by atoms with E-state index in [0.29, 0.717) is 9.92 Å². The zero-order chi connectivity index (χ0) is 21.1. The maximum absolute atomic E-state index is 12.4. The summed E-state index contributed by atoms with van der Waals surface area (Å²) in [4.78, 5) is 22.6. The first kappa shape index (κ1) is 22.4. The number of halogens is 2. The minimum absolute atomic E-state index is 0.211. The Labute approximate surface area is 175 Å². The molecule has 150 valence electrons. The highest BCUT2D eigenvalue weighted by Gasteiger charge is 2.26. The van der Waals surface area contributed by atoms with E-state index >= 15 is 0 Å². The third-order valence-corrected chi connectivity index (χ3v) is 6.78. The van der Waals surface area contributed by atoms with Gasteiger partial charge in [0.1, 0.15) is 6.04 Å². The van der Waals surface area contributed by atoms with Gasteiger partial charge < -0.3 is 4.74 Å². The van der Waals surface area contributed by atoms with Crippen LogP contribution < -0.4 is 4.72 Å². The third kappa shape index (κ3) is 5.36. The van der Waals surface area contributed by atoms with Crippen LogP contribution in [0.4, 0.5) is 5.69 Å². The van der Waals surface area contributed by atoms with E-state index in [-0.39, 0.29) is 14.8 Å². The standard InChI is InChI=1S/C16H14Cl2N2O6S2/c1-9(16(21)26-2)19-28(24,25)11-4-6-15(14(8-11)20(22)23)27-10-3-5-12(17)13(18)7-10/h3-9,19H,1-2H3/t9-/m0/s1. The molecule has 0 aliphatic heterocycles. The zero-order valence-electron chi connectivity index (χ0n) is 14.5. The van der Waals surface area contributed by atoms with Crippen LogP contribution in [-0.4, -0.2) is 32.5 Å². The molecule has 0 aliphatic carbocycles. The maximum atomic E-state index is 12.4. The van der Waals surface area contributed by atoms with Crippen LogP contribution in [0.5, 0.6) is 0 Å². The van der Waals surface area contributed by atoms with Crippen LogP contribution in [0.25, 0.3) is 0 Å². The highest BCUT2D eigenvalue weighted by molar-refractivity contribution is 7.99. The van der Waals surface area contributed by atoms with Crippen molar-refractivity contribution in [1.29, 1.82) is 0 Å². The zero-order valence-corrected chi connectivity index (χ0v) is 17.7. The van der Waals surface area contributed by atoms with Crippen molar-refractivity contribution < 1.29 is 22.9 Å². The number of carbonyl (C=O) groups excluding carboxylic acids is 1. The van der Waals surface area contributed by atoms with Crippen LogP contribution in [0.1, 0.15) is 6.92 Å². The summed E-state index contributed by atoms with van der Waals surface area (Å²) in [6.45, 7) is 1.30. The predicted molar refractivity (Wildman–Crippen MR) is 105 cm³/mol. The first-order valence-corrected chi connectivity index (χ1v) is 10.6. The molecule has 0 aromatic heterocycles. The molecule has 2 aromatic carbocycles. The van der Waals surface area contributed by atoms with Gasteiger partial charge in [0.2, 0.25) is 10.0 Å². The van der Waals surface area contributed by atoms with Gasteiger partial charge in [-0.05, 0) is 37.3 Å². The molecule has 0 aliphatic rings. The molecule has 0 amide bonds. The number of hydrogen-bond donors (Lipinski definition) is 1. The number of carbonyl (C=O) groups is 1. The summed E-state index contributed by atoms with van der Waals surface area (Å²) in [6, 6.07) is 7.01. The highest BCUT2D eigenvalue weighted by atomic mass is 35.5. The fourth-order valence-corrected chi connectivity index (χ4v) is 4.60. The van der Waals surface area contributed by atoms with Crippen molar-refractivity contribution in [3.8, 4) is 0 Å². The number of hydrogen-bond acceptors (Lipinski definition) is 7. The molecule has 0 saturated carbocycles. The lowest BCUT2D eigenvalue weighted by molar-refractivity contribution is -0.388. The number of nitro benzene ring substituents is 1. The Hall–Kier alpha value is -1.85. The summed E-state index contributed by atoms with van der Waals surface area (Å²) >= 11 is 12.8. The first-order valence-electron chi connectivity index (χ1n) is 7.56. The summed E-state index contributed by atoms with van der Waals surface area (Å²) in [6.07, 6.45) is 0. The Morgan fingerprint density at radius 1 is 1.21 bits per heavy atom.